The molecule has 1 aromatic rings. The largest absolute Gasteiger partial charge is 0.444 e. The van der Waals surface area contributed by atoms with E-state index in [2.05, 4.69) is 31.4 Å². The first-order valence-electron chi connectivity index (χ1n) is 8.35. The Morgan fingerprint density at radius 2 is 1.96 bits per heavy atom. The summed E-state index contributed by atoms with van der Waals surface area (Å²) in [7, 11) is 0. The zero-order chi connectivity index (χ0) is 19.2. The first-order valence-corrected chi connectivity index (χ1v) is 8.35. The lowest BCUT2D eigenvalue weighted by Gasteiger charge is -2.19. The van der Waals surface area contributed by atoms with Gasteiger partial charge in [0.15, 0.2) is 11.6 Å². The number of rotatable bonds is 6. The Morgan fingerprint density at radius 3 is 2.54 bits per heavy atom. The maximum absolute atomic E-state index is 12.2. The summed E-state index contributed by atoms with van der Waals surface area (Å²) in [6, 6.07) is 3.40. The second-order valence-corrected chi connectivity index (χ2v) is 6.77. The third kappa shape index (κ3) is 6.15. The average molecular weight is 360 g/mol. The zero-order valence-corrected chi connectivity index (χ0v) is 15.4. The minimum Gasteiger partial charge on any atom is -0.444 e. The normalized spacial score (nSPS) is 13.7. The quantitative estimate of drug-likeness (QED) is 0.526. The molecule has 9 heteroatoms. The molecule has 140 valence electrons. The van der Waals surface area contributed by atoms with Crippen molar-refractivity contribution < 1.29 is 14.3 Å². The van der Waals surface area contributed by atoms with Gasteiger partial charge in [0, 0.05) is 24.7 Å². The van der Waals surface area contributed by atoms with Gasteiger partial charge in [0.1, 0.15) is 17.1 Å². The van der Waals surface area contributed by atoms with Crippen molar-refractivity contribution in [3.63, 3.8) is 0 Å². The summed E-state index contributed by atoms with van der Waals surface area (Å²) < 4.78 is 5.13. The van der Waals surface area contributed by atoms with Crippen molar-refractivity contribution in [2.45, 2.75) is 46.1 Å². The number of nitrogens with zero attached hydrogens (tertiary/aromatic N) is 3. The van der Waals surface area contributed by atoms with Crippen molar-refractivity contribution >= 4 is 23.5 Å². The van der Waals surface area contributed by atoms with Crippen LogP contribution in [0, 0.1) is 0 Å². The van der Waals surface area contributed by atoms with E-state index in [-0.39, 0.29) is 5.78 Å². The Balaban J connectivity index is 1.77. The third-order valence-corrected chi connectivity index (χ3v) is 3.24. The van der Waals surface area contributed by atoms with Gasteiger partial charge in [-0.2, -0.15) is 10.2 Å². The molecule has 2 rings (SSSR count). The molecule has 0 saturated heterocycles. The van der Waals surface area contributed by atoms with Crippen molar-refractivity contribution in [1.82, 2.24) is 21.2 Å². The molecule has 0 saturated carbocycles. The number of hydrazone groups is 2. The highest BCUT2D eigenvalue weighted by atomic mass is 16.6. The molecule has 2 heterocycles. The number of hydrogen-bond donors (Lipinski definition) is 3. The first kappa shape index (κ1) is 19.4. The molecule has 1 aliphatic heterocycles. The molecule has 0 atom stereocenters. The fourth-order valence-corrected chi connectivity index (χ4v) is 2.03. The van der Waals surface area contributed by atoms with Crippen LogP contribution >= 0.6 is 0 Å². The Hall–Kier alpha value is -2.97. The van der Waals surface area contributed by atoms with Crippen LogP contribution in [0.15, 0.2) is 28.5 Å². The number of ketones is 1. The summed E-state index contributed by atoms with van der Waals surface area (Å²) in [4.78, 5) is 27.9. The number of nitrogens with one attached hydrogen (secondary N) is 3. The minimum absolute atomic E-state index is 0.0411. The van der Waals surface area contributed by atoms with Crippen molar-refractivity contribution in [2.24, 2.45) is 10.2 Å². The molecule has 0 fully saturated rings. The molecule has 0 unspecified atom stereocenters. The standard InChI is InChI=1S/C17H24N6O3/c1-11-20-22-15(23-21-11)13-8-7-12(10-19-13)14(24)6-5-9-18-16(25)26-17(2,3)4/h7-8,10H,5-6,9H2,1-4H3,(H,18,25)(H,20,21)(H,22,23). The topological polar surface area (TPSA) is 117 Å². The molecule has 1 aliphatic rings. The van der Waals surface area contributed by atoms with Gasteiger partial charge >= 0.3 is 6.09 Å². The number of Topliss-reactive ketones (excluding diaryl/α,β-unsaturated/α-hetero) is 1. The van der Waals surface area contributed by atoms with E-state index in [4.69, 9.17) is 4.74 Å². The Kier molecular flexibility index (Phi) is 6.26. The molecule has 26 heavy (non-hydrogen) atoms. The van der Waals surface area contributed by atoms with E-state index in [0.717, 1.165) is 0 Å². The summed E-state index contributed by atoms with van der Waals surface area (Å²) in [5.41, 5.74) is 6.08. The van der Waals surface area contributed by atoms with E-state index < -0.39 is 11.7 Å². The van der Waals surface area contributed by atoms with E-state index in [1.807, 2.05) is 0 Å². The molecule has 0 aromatic carbocycles. The van der Waals surface area contributed by atoms with Gasteiger partial charge in [-0.05, 0) is 46.2 Å². The minimum atomic E-state index is -0.537. The molecule has 1 aromatic heterocycles. The van der Waals surface area contributed by atoms with Gasteiger partial charge in [-0.3, -0.25) is 20.6 Å². The monoisotopic (exact) mass is 360 g/mol. The number of carbonyl (C=O) groups is 2. The summed E-state index contributed by atoms with van der Waals surface area (Å²) in [6.45, 7) is 7.54. The highest BCUT2D eigenvalue weighted by molar-refractivity contribution is 6.01. The lowest BCUT2D eigenvalue weighted by Crippen LogP contribution is -2.33. The maximum atomic E-state index is 12.2. The molecule has 0 aliphatic carbocycles. The van der Waals surface area contributed by atoms with Crippen LogP contribution in [-0.2, 0) is 4.74 Å². The van der Waals surface area contributed by atoms with E-state index in [0.29, 0.717) is 42.3 Å². The first-order chi connectivity index (χ1) is 12.2. The Morgan fingerprint density at radius 1 is 1.19 bits per heavy atom. The predicted molar refractivity (Wildman–Crippen MR) is 98.0 cm³/mol. The van der Waals surface area contributed by atoms with Crippen LogP contribution in [0.3, 0.4) is 0 Å². The highest BCUT2D eigenvalue weighted by Gasteiger charge is 2.16. The lowest BCUT2D eigenvalue weighted by molar-refractivity contribution is 0.0525. The lowest BCUT2D eigenvalue weighted by atomic mass is 10.1. The summed E-state index contributed by atoms with van der Waals surface area (Å²) in [5.74, 6) is 1.09. The molecule has 1 amide bonds. The van der Waals surface area contributed by atoms with E-state index in [1.54, 1.807) is 39.8 Å². The number of hydrogen-bond acceptors (Lipinski definition) is 8. The van der Waals surface area contributed by atoms with Gasteiger partial charge in [-0.15, -0.1) is 0 Å². The van der Waals surface area contributed by atoms with Gasteiger partial charge in [-0.1, -0.05) is 0 Å². The Bertz CT molecular complexity index is 719. The van der Waals surface area contributed by atoms with Crippen LogP contribution < -0.4 is 16.2 Å². The summed E-state index contributed by atoms with van der Waals surface area (Å²) in [5, 5.41) is 10.7. The molecule has 0 bridgehead atoms. The van der Waals surface area contributed by atoms with Crippen LogP contribution in [0.5, 0.6) is 0 Å². The zero-order valence-electron chi connectivity index (χ0n) is 15.4. The van der Waals surface area contributed by atoms with Gasteiger partial charge in [0.25, 0.3) is 0 Å². The number of aromatic nitrogens is 1. The third-order valence-electron chi connectivity index (χ3n) is 3.24. The fourth-order valence-electron chi connectivity index (χ4n) is 2.03. The van der Waals surface area contributed by atoms with Gasteiger partial charge < -0.3 is 10.1 Å². The average Bonchev–Trinajstić information content (AvgIpc) is 2.58. The van der Waals surface area contributed by atoms with E-state index in [1.165, 1.54) is 6.20 Å². The van der Waals surface area contributed by atoms with Gasteiger partial charge in [0.2, 0.25) is 0 Å². The molecule has 9 nitrogen and oxygen atoms in total. The van der Waals surface area contributed by atoms with Gasteiger partial charge in [-0.25, -0.2) is 4.79 Å². The van der Waals surface area contributed by atoms with Crippen LogP contribution in [0.2, 0.25) is 0 Å². The summed E-state index contributed by atoms with van der Waals surface area (Å²) in [6.07, 6.45) is 1.85. The summed E-state index contributed by atoms with van der Waals surface area (Å²) >= 11 is 0. The predicted octanol–water partition coefficient (Wildman–Crippen LogP) is 1.76. The number of alkyl carbamates (subject to hydrolysis) is 1. The van der Waals surface area contributed by atoms with Crippen molar-refractivity contribution in [2.75, 3.05) is 6.54 Å². The Labute approximate surface area is 152 Å². The molecule has 0 radical (unpaired) electrons. The van der Waals surface area contributed by atoms with Crippen molar-refractivity contribution in [1.29, 1.82) is 0 Å². The number of carbonyl (C=O) groups excluding carboxylic acids is 2. The van der Waals surface area contributed by atoms with Crippen LogP contribution in [-0.4, -0.2) is 40.7 Å². The van der Waals surface area contributed by atoms with Crippen LogP contribution in [0.4, 0.5) is 4.79 Å². The smallest absolute Gasteiger partial charge is 0.407 e. The van der Waals surface area contributed by atoms with E-state index in [9.17, 15) is 9.59 Å². The number of amides is 1. The van der Waals surface area contributed by atoms with E-state index >= 15 is 0 Å². The maximum Gasteiger partial charge on any atom is 0.407 e. The second kappa shape index (κ2) is 8.41. The highest BCUT2D eigenvalue weighted by Crippen LogP contribution is 2.08. The van der Waals surface area contributed by atoms with Crippen LogP contribution in [0.1, 0.15) is 56.6 Å². The molecule has 3 N–H and O–H groups in total. The molecule has 0 spiro atoms. The van der Waals surface area contributed by atoms with Crippen molar-refractivity contribution in [3.05, 3.63) is 29.6 Å². The molecular formula is C17H24N6O3. The fraction of sp³-hybridized carbons (Fsp3) is 0.471. The van der Waals surface area contributed by atoms with Crippen molar-refractivity contribution in [3.8, 4) is 0 Å². The number of amidine groups is 2. The SMILES string of the molecule is CC1=NNC(c2ccc(C(=O)CCCNC(=O)OC(C)(C)C)cn2)=NN1. The molecular weight excluding hydrogens is 336 g/mol. The second-order valence-electron chi connectivity index (χ2n) is 6.77. The number of pyridine rings is 1. The van der Waals surface area contributed by atoms with Crippen LogP contribution in [0.25, 0.3) is 0 Å². The number of ether oxygens (including phenoxy) is 1. The van der Waals surface area contributed by atoms with Gasteiger partial charge in [0.05, 0.1) is 0 Å².